The van der Waals surface area contributed by atoms with Gasteiger partial charge in [-0.3, -0.25) is 9.69 Å². The van der Waals surface area contributed by atoms with E-state index in [4.69, 9.17) is 0 Å². The Bertz CT molecular complexity index is 422. The van der Waals surface area contributed by atoms with Crippen LogP contribution in [-0.2, 0) is 11.2 Å². The molecule has 0 spiro atoms. The van der Waals surface area contributed by atoms with Crippen molar-refractivity contribution < 1.29 is 4.79 Å². The molecule has 0 saturated carbocycles. The van der Waals surface area contributed by atoms with Crippen molar-refractivity contribution in [1.29, 1.82) is 0 Å². The van der Waals surface area contributed by atoms with Crippen LogP contribution in [0, 0.1) is 0 Å². The molecule has 0 radical (unpaired) electrons. The lowest BCUT2D eigenvalue weighted by atomic mass is 10.1. The molecule has 1 heterocycles. The van der Waals surface area contributed by atoms with Gasteiger partial charge in [0.1, 0.15) is 0 Å². The van der Waals surface area contributed by atoms with Crippen molar-refractivity contribution in [1.82, 2.24) is 10.2 Å². The molecule has 1 saturated heterocycles. The molecule has 0 bridgehead atoms. The summed E-state index contributed by atoms with van der Waals surface area (Å²) in [4.78, 5) is 14.2. The molecule has 0 atom stereocenters. The Morgan fingerprint density at radius 3 is 2.45 bits per heavy atom. The second-order valence-corrected chi connectivity index (χ2v) is 5.44. The van der Waals surface area contributed by atoms with Crippen LogP contribution in [0.5, 0.6) is 0 Å². The largest absolute Gasteiger partial charge is 0.325 e. The highest BCUT2D eigenvalue weighted by Crippen LogP contribution is 2.12. The van der Waals surface area contributed by atoms with Crippen molar-refractivity contribution in [2.24, 2.45) is 0 Å². The zero-order valence-electron chi connectivity index (χ0n) is 12.5. The Balaban J connectivity index is 1.77. The molecule has 1 aromatic rings. The normalized spacial score (nSPS) is 17.1. The molecule has 2 rings (SSSR count). The summed E-state index contributed by atoms with van der Waals surface area (Å²) in [6.07, 6.45) is 3.26. The number of hydrogen-bond donors (Lipinski definition) is 2. The SMILES string of the molecule is CCc1ccc(NC(=O)CN2CCC(NC)CC2)cc1. The molecule has 1 amide bonds. The predicted molar refractivity (Wildman–Crippen MR) is 83.0 cm³/mol. The Kier molecular flexibility index (Phi) is 5.56. The number of carbonyl (C=O) groups excluding carboxylic acids is 1. The van der Waals surface area contributed by atoms with Crippen LogP contribution in [0.3, 0.4) is 0 Å². The maximum atomic E-state index is 12.0. The van der Waals surface area contributed by atoms with E-state index in [9.17, 15) is 4.79 Å². The first-order valence-electron chi connectivity index (χ1n) is 7.49. The second kappa shape index (κ2) is 7.41. The van der Waals surface area contributed by atoms with Gasteiger partial charge in [-0.2, -0.15) is 0 Å². The molecule has 1 aromatic carbocycles. The van der Waals surface area contributed by atoms with Gasteiger partial charge in [0, 0.05) is 24.8 Å². The van der Waals surface area contributed by atoms with E-state index in [1.807, 2.05) is 19.2 Å². The minimum absolute atomic E-state index is 0.0807. The third kappa shape index (κ3) is 4.32. The van der Waals surface area contributed by atoms with Gasteiger partial charge in [-0.1, -0.05) is 19.1 Å². The van der Waals surface area contributed by atoms with Crippen molar-refractivity contribution in [3.8, 4) is 0 Å². The molecule has 0 aliphatic carbocycles. The number of aryl methyl sites for hydroxylation is 1. The number of amides is 1. The number of likely N-dealkylation sites (tertiary alicyclic amines) is 1. The second-order valence-electron chi connectivity index (χ2n) is 5.44. The van der Waals surface area contributed by atoms with Crippen molar-refractivity contribution in [3.05, 3.63) is 29.8 Å². The number of carbonyl (C=O) groups is 1. The van der Waals surface area contributed by atoms with Crippen LogP contribution < -0.4 is 10.6 Å². The van der Waals surface area contributed by atoms with E-state index < -0.39 is 0 Å². The lowest BCUT2D eigenvalue weighted by Crippen LogP contribution is -2.44. The molecule has 110 valence electrons. The van der Waals surface area contributed by atoms with Crippen LogP contribution in [0.25, 0.3) is 0 Å². The number of piperidine rings is 1. The maximum Gasteiger partial charge on any atom is 0.238 e. The molecule has 0 unspecified atom stereocenters. The summed E-state index contributed by atoms with van der Waals surface area (Å²) in [6.45, 7) is 4.61. The van der Waals surface area contributed by atoms with Gasteiger partial charge >= 0.3 is 0 Å². The van der Waals surface area contributed by atoms with Gasteiger partial charge in [-0.25, -0.2) is 0 Å². The zero-order valence-corrected chi connectivity index (χ0v) is 12.5. The van der Waals surface area contributed by atoms with Crippen molar-refractivity contribution in [3.63, 3.8) is 0 Å². The molecular formula is C16H25N3O. The molecule has 4 heteroatoms. The minimum atomic E-state index is 0.0807. The molecule has 4 nitrogen and oxygen atoms in total. The average Bonchev–Trinajstić information content (AvgIpc) is 2.49. The zero-order chi connectivity index (χ0) is 14.4. The minimum Gasteiger partial charge on any atom is -0.325 e. The van der Waals surface area contributed by atoms with Crippen LogP contribution in [-0.4, -0.2) is 43.5 Å². The van der Waals surface area contributed by atoms with E-state index in [-0.39, 0.29) is 5.91 Å². The summed E-state index contributed by atoms with van der Waals surface area (Å²) >= 11 is 0. The van der Waals surface area contributed by atoms with Crippen LogP contribution >= 0.6 is 0 Å². The van der Waals surface area contributed by atoms with Gasteiger partial charge in [-0.15, -0.1) is 0 Å². The van der Waals surface area contributed by atoms with E-state index >= 15 is 0 Å². The lowest BCUT2D eigenvalue weighted by molar-refractivity contribution is -0.117. The molecule has 1 aliphatic rings. The van der Waals surface area contributed by atoms with Gasteiger partial charge in [0.05, 0.1) is 6.54 Å². The Hall–Kier alpha value is -1.39. The number of nitrogens with one attached hydrogen (secondary N) is 2. The summed E-state index contributed by atoms with van der Waals surface area (Å²) in [5.74, 6) is 0.0807. The van der Waals surface area contributed by atoms with Crippen molar-refractivity contribution >= 4 is 11.6 Å². The van der Waals surface area contributed by atoms with Gasteiger partial charge in [0.15, 0.2) is 0 Å². The molecule has 2 N–H and O–H groups in total. The summed E-state index contributed by atoms with van der Waals surface area (Å²) in [7, 11) is 2.01. The van der Waals surface area contributed by atoms with E-state index in [1.165, 1.54) is 5.56 Å². The third-order valence-electron chi connectivity index (χ3n) is 4.01. The van der Waals surface area contributed by atoms with E-state index in [2.05, 4.69) is 34.6 Å². The van der Waals surface area contributed by atoms with Crippen LogP contribution in [0.1, 0.15) is 25.3 Å². The quantitative estimate of drug-likeness (QED) is 0.862. The van der Waals surface area contributed by atoms with Gasteiger partial charge in [0.25, 0.3) is 0 Å². The number of benzene rings is 1. The highest BCUT2D eigenvalue weighted by molar-refractivity contribution is 5.92. The number of hydrogen-bond acceptors (Lipinski definition) is 3. The van der Waals surface area contributed by atoms with Gasteiger partial charge in [-0.05, 0) is 44.0 Å². The van der Waals surface area contributed by atoms with E-state index in [0.717, 1.165) is 38.0 Å². The third-order valence-corrected chi connectivity index (χ3v) is 4.01. The number of rotatable bonds is 5. The van der Waals surface area contributed by atoms with Crippen LogP contribution in [0.15, 0.2) is 24.3 Å². The van der Waals surface area contributed by atoms with Gasteiger partial charge in [0.2, 0.25) is 5.91 Å². The van der Waals surface area contributed by atoms with Crippen molar-refractivity contribution in [2.45, 2.75) is 32.2 Å². The first kappa shape index (κ1) is 15.0. The monoisotopic (exact) mass is 275 g/mol. The fraction of sp³-hybridized carbons (Fsp3) is 0.562. The summed E-state index contributed by atoms with van der Waals surface area (Å²) < 4.78 is 0. The average molecular weight is 275 g/mol. The van der Waals surface area contributed by atoms with Gasteiger partial charge < -0.3 is 10.6 Å². The lowest BCUT2D eigenvalue weighted by Gasteiger charge is -2.31. The first-order chi connectivity index (χ1) is 9.71. The Morgan fingerprint density at radius 1 is 1.25 bits per heavy atom. The van der Waals surface area contributed by atoms with E-state index in [1.54, 1.807) is 0 Å². The predicted octanol–water partition coefficient (Wildman–Crippen LogP) is 1.87. The fourth-order valence-corrected chi connectivity index (χ4v) is 2.61. The smallest absolute Gasteiger partial charge is 0.238 e. The molecule has 1 fully saturated rings. The van der Waals surface area contributed by atoms with Crippen LogP contribution in [0.4, 0.5) is 5.69 Å². The van der Waals surface area contributed by atoms with E-state index in [0.29, 0.717) is 12.6 Å². The maximum absolute atomic E-state index is 12.0. The number of anilines is 1. The fourth-order valence-electron chi connectivity index (χ4n) is 2.61. The standard InChI is InChI=1S/C16H25N3O/c1-3-13-4-6-15(7-5-13)18-16(20)12-19-10-8-14(17-2)9-11-19/h4-7,14,17H,3,8-12H2,1-2H3,(H,18,20). The molecule has 1 aliphatic heterocycles. The summed E-state index contributed by atoms with van der Waals surface area (Å²) in [5, 5.41) is 6.27. The highest BCUT2D eigenvalue weighted by atomic mass is 16.2. The summed E-state index contributed by atoms with van der Waals surface area (Å²) in [6, 6.07) is 8.69. The molecule has 20 heavy (non-hydrogen) atoms. The highest BCUT2D eigenvalue weighted by Gasteiger charge is 2.19. The Labute approximate surface area is 121 Å². The summed E-state index contributed by atoms with van der Waals surface area (Å²) in [5.41, 5.74) is 2.18. The van der Waals surface area contributed by atoms with Crippen LogP contribution in [0.2, 0.25) is 0 Å². The number of nitrogens with zero attached hydrogens (tertiary/aromatic N) is 1. The molecule has 0 aromatic heterocycles. The Morgan fingerprint density at radius 2 is 1.90 bits per heavy atom. The topological polar surface area (TPSA) is 44.4 Å². The van der Waals surface area contributed by atoms with Crippen molar-refractivity contribution in [2.75, 3.05) is 32.0 Å². The first-order valence-corrected chi connectivity index (χ1v) is 7.49. The molecular weight excluding hydrogens is 250 g/mol.